The number of hydrogen-bond donors (Lipinski definition) is 2. The molecule has 22 heavy (non-hydrogen) atoms. The van der Waals surface area contributed by atoms with Crippen molar-refractivity contribution in [3.63, 3.8) is 0 Å². The summed E-state index contributed by atoms with van der Waals surface area (Å²) in [6.45, 7) is 1.34. The number of rotatable bonds is 3. The highest BCUT2D eigenvalue weighted by molar-refractivity contribution is 7.99. The van der Waals surface area contributed by atoms with E-state index < -0.39 is 35.7 Å². The maximum atomic E-state index is 12.7. The summed E-state index contributed by atoms with van der Waals surface area (Å²) in [4.78, 5) is 3.95. The molecule has 1 aliphatic heterocycles. The molecule has 2 heterocycles. The van der Waals surface area contributed by atoms with Crippen LogP contribution in [0.25, 0.3) is 0 Å². The topological polar surface area (TPSA) is 77.6 Å². The zero-order valence-electron chi connectivity index (χ0n) is 12.0. The monoisotopic (exact) mass is 338 g/mol. The molecule has 0 amide bonds. The second-order valence-electron chi connectivity index (χ2n) is 5.01. The summed E-state index contributed by atoms with van der Waals surface area (Å²) in [7, 11) is 1.47. The van der Waals surface area contributed by atoms with Gasteiger partial charge in [0.05, 0.1) is 0 Å². The molecule has 0 aliphatic carbocycles. The van der Waals surface area contributed by atoms with Crippen molar-refractivity contribution in [2.75, 3.05) is 7.11 Å². The van der Waals surface area contributed by atoms with Gasteiger partial charge in [-0.2, -0.15) is 13.2 Å². The highest BCUT2D eigenvalue weighted by Gasteiger charge is 2.38. The van der Waals surface area contributed by atoms with Gasteiger partial charge in [-0.25, -0.2) is 0 Å². The summed E-state index contributed by atoms with van der Waals surface area (Å²) in [5.41, 5.74) is 4.37. The van der Waals surface area contributed by atoms with Crippen molar-refractivity contribution in [1.29, 1.82) is 0 Å². The van der Waals surface area contributed by atoms with E-state index in [2.05, 4.69) is 4.98 Å². The molecule has 0 spiro atoms. The number of hydrogen-bond acceptors (Lipinski definition) is 6. The molecule has 0 aromatic carbocycles. The molecular weight excluding hydrogens is 321 g/mol. The van der Waals surface area contributed by atoms with Crippen molar-refractivity contribution >= 4 is 11.8 Å². The summed E-state index contributed by atoms with van der Waals surface area (Å²) in [5.74, 6) is 0. The Morgan fingerprint density at radius 1 is 1.50 bits per heavy atom. The number of thioether (sulfide) groups is 1. The third-order valence-electron chi connectivity index (χ3n) is 3.30. The second kappa shape index (κ2) is 6.71. The molecule has 4 unspecified atom stereocenters. The van der Waals surface area contributed by atoms with Gasteiger partial charge >= 0.3 is 6.18 Å². The van der Waals surface area contributed by atoms with E-state index in [9.17, 15) is 18.3 Å². The Bertz CT molecular complexity index is 530. The first-order valence-electron chi connectivity index (χ1n) is 6.54. The van der Waals surface area contributed by atoms with Crippen LogP contribution in [0, 0.1) is 6.92 Å². The van der Waals surface area contributed by atoms with E-state index in [1.807, 2.05) is 0 Å². The van der Waals surface area contributed by atoms with E-state index in [0.717, 1.165) is 18.0 Å². The first-order valence-corrected chi connectivity index (χ1v) is 7.42. The van der Waals surface area contributed by atoms with E-state index in [0.29, 0.717) is 4.90 Å². The number of aliphatic hydroxyl groups excluding tert-OH is 1. The van der Waals surface area contributed by atoms with Crippen LogP contribution in [0.3, 0.4) is 0 Å². The van der Waals surface area contributed by atoms with Crippen LogP contribution in [-0.2, 0) is 15.7 Å². The van der Waals surface area contributed by atoms with Gasteiger partial charge < -0.3 is 20.3 Å². The van der Waals surface area contributed by atoms with Crippen LogP contribution >= 0.6 is 11.8 Å². The van der Waals surface area contributed by atoms with Crippen LogP contribution in [-0.4, -0.2) is 41.1 Å². The van der Waals surface area contributed by atoms with E-state index in [1.54, 1.807) is 0 Å². The molecule has 3 N–H and O–H groups in total. The van der Waals surface area contributed by atoms with Crippen molar-refractivity contribution in [2.24, 2.45) is 5.73 Å². The molecule has 1 aromatic heterocycles. The van der Waals surface area contributed by atoms with Crippen LogP contribution in [0.2, 0.25) is 0 Å². The quantitative estimate of drug-likeness (QED) is 0.877. The third-order valence-corrected chi connectivity index (χ3v) is 4.41. The van der Waals surface area contributed by atoms with E-state index >= 15 is 0 Å². The van der Waals surface area contributed by atoms with Crippen LogP contribution in [0.5, 0.6) is 0 Å². The number of aliphatic hydroxyl groups is 1. The SMILES string of the molecule is COC1C(N)CC(O)OC1Sc1cnc(C(F)(F)F)c(C)c1. The molecule has 9 heteroatoms. The molecule has 2 rings (SSSR count). The molecule has 1 fully saturated rings. The van der Waals surface area contributed by atoms with E-state index in [-0.39, 0.29) is 12.0 Å². The predicted molar refractivity (Wildman–Crippen MR) is 74.1 cm³/mol. The fourth-order valence-corrected chi connectivity index (χ4v) is 3.54. The van der Waals surface area contributed by atoms with Gasteiger partial charge in [0.25, 0.3) is 0 Å². The molecule has 1 aliphatic rings. The standard InChI is InChI=1S/C13H17F3N2O3S/c1-6-3-7(5-18-11(6)13(14,15)16)22-12-10(20-2)8(17)4-9(19)21-12/h3,5,8-10,12,19H,4,17H2,1-2H3. The molecule has 124 valence electrons. The molecular formula is C13H17F3N2O3S. The molecule has 1 aromatic rings. The summed E-state index contributed by atoms with van der Waals surface area (Å²) in [6, 6.07) is 0.957. The number of alkyl halides is 3. The Labute approximate surface area is 130 Å². The van der Waals surface area contributed by atoms with E-state index in [1.165, 1.54) is 20.1 Å². The number of ether oxygens (including phenoxy) is 2. The summed E-state index contributed by atoms with van der Waals surface area (Å²) >= 11 is 1.12. The Hall–Kier alpha value is -0.870. The maximum absolute atomic E-state index is 12.7. The van der Waals surface area contributed by atoms with Crippen molar-refractivity contribution in [3.05, 3.63) is 23.5 Å². The zero-order valence-corrected chi connectivity index (χ0v) is 12.8. The third kappa shape index (κ3) is 3.90. The summed E-state index contributed by atoms with van der Waals surface area (Å²) in [5, 5.41) is 9.61. The van der Waals surface area contributed by atoms with Crippen LogP contribution < -0.4 is 5.73 Å². The number of aromatic nitrogens is 1. The highest BCUT2D eigenvalue weighted by Crippen LogP contribution is 2.36. The number of methoxy groups -OCH3 is 1. The molecule has 0 radical (unpaired) electrons. The Morgan fingerprint density at radius 2 is 2.18 bits per heavy atom. The average Bonchev–Trinajstić information content (AvgIpc) is 2.36. The van der Waals surface area contributed by atoms with Crippen molar-refractivity contribution in [2.45, 2.75) is 48.3 Å². The normalized spacial score (nSPS) is 29.6. The molecule has 0 saturated carbocycles. The average molecular weight is 338 g/mol. The lowest BCUT2D eigenvalue weighted by Crippen LogP contribution is -2.51. The largest absolute Gasteiger partial charge is 0.433 e. The molecule has 4 atom stereocenters. The van der Waals surface area contributed by atoms with Crippen LogP contribution in [0.4, 0.5) is 13.2 Å². The van der Waals surface area contributed by atoms with Gasteiger partial charge in [0, 0.05) is 30.7 Å². The number of nitrogens with zero attached hydrogens (tertiary/aromatic N) is 1. The van der Waals surface area contributed by atoms with E-state index in [4.69, 9.17) is 15.2 Å². The number of nitrogens with two attached hydrogens (primary N) is 1. The second-order valence-corrected chi connectivity index (χ2v) is 6.18. The minimum absolute atomic E-state index is 0.0205. The lowest BCUT2D eigenvalue weighted by atomic mass is 10.1. The zero-order chi connectivity index (χ0) is 16.5. The minimum Gasteiger partial charge on any atom is -0.376 e. The molecule has 5 nitrogen and oxygen atoms in total. The summed E-state index contributed by atoms with van der Waals surface area (Å²) in [6.07, 6.45) is -4.62. The van der Waals surface area contributed by atoms with Gasteiger partial charge in [0.1, 0.15) is 17.2 Å². The predicted octanol–water partition coefficient (Wildman–Crippen LogP) is 1.91. The van der Waals surface area contributed by atoms with Gasteiger partial charge in [-0.15, -0.1) is 0 Å². The Morgan fingerprint density at radius 3 is 2.73 bits per heavy atom. The van der Waals surface area contributed by atoms with Gasteiger partial charge in [-0.1, -0.05) is 11.8 Å². The van der Waals surface area contributed by atoms with Crippen molar-refractivity contribution < 1.29 is 27.8 Å². The van der Waals surface area contributed by atoms with Gasteiger partial charge in [0.2, 0.25) is 0 Å². The number of pyridine rings is 1. The van der Waals surface area contributed by atoms with Gasteiger partial charge in [-0.3, -0.25) is 4.98 Å². The van der Waals surface area contributed by atoms with Crippen LogP contribution in [0.1, 0.15) is 17.7 Å². The maximum Gasteiger partial charge on any atom is 0.433 e. The lowest BCUT2D eigenvalue weighted by Gasteiger charge is -2.37. The van der Waals surface area contributed by atoms with Crippen molar-refractivity contribution in [3.8, 4) is 0 Å². The first-order chi connectivity index (χ1) is 10.2. The van der Waals surface area contributed by atoms with Gasteiger partial charge in [0.15, 0.2) is 6.29 Å². The Balaban J connectivity index is 2.17. The lowest BCUT2D eigenvalue weighted by molar-refractivity contribution is -0.181. The van der Waals surface area contributed by atoms with Crippen molar-refractivity contribution in [1.82, 2.24) is 4.98 Å². The fraction of sp³-hybridized carbons (Fsp3) is 0.615. The minimum atomic E-state index is -4.48. The number of halogens is 3. The smallest absolute Gasteiger partial charge is 0.376 e. The van der Waals surface area contributed by atoms with Crippen LogP contribution in [0.15, 0.2) is 17.2 Å². The Kier molecular flexibility index (Phi) is 5.33. The summed E-state index contributed by atoms with van der Waals surface area (Å²) < 4.78 is 48.7. The number of aryl methyl sites for hydroxylation is 1. The highest BCUT2D eigenvalue weighted by atomic mass is 32.2. The molecule has 0 bridgehead atoms. The molecule has 1 saturated heterocycles. The first kappa shape index (κ1) is 17.5. The fourth-order valence-electron chi connectivity index (χ4n) is 2.28. The van der Waals surface area contributed by atoms with Gasteiger partial charge in [-0.05, 0) is 18.6 Å².